The van der Waals surface area contributed by atoms with Gasteiger partial charge in [-0.25, -0.2) is 0 Å². The number of amides is 1. The molecule has 0 spiro atoms. The van der Waals surface area contributed by atoms with Crippen LogP contribution in [0.3, 0.4) is 0 Å². The van der Waals surface area contributed by atoms with Gasteiger partial charge >= 0.3 is 0 Å². The number of hydrogen-bond donors (Lipinski definition) is 2. The minimum atomic E-state index is 0.00271. The van der Waals surface area contributed by atoms with E-state index in [2.05, 4.69) is 10.6 Å². The van der Waals surface area contributed by atoms with Crippen molar-refractivity contribution in [2.45, 2.75) is 19.4 Å². The molecule has 0 aliphatic rings. The van der Waals surface area contributed by atoms with Gasteiger partial charge in [-0.15, -0.1) is 0 Å². The van der Waals surface area contributed by atoms with E-state index in [-0.39, 0.29) is 5.91 Å². The van der Waals surface area contributed by atoms with Crippen molar-refractivity contribution in [3.8, 4) is 5.75 Å². The third-order valence-corrected chi connectivity index (χ3v) is 4.37. The molecule has 0 saturated heterocycles. The Morgan fingerprint density at radius 3 is 2.64 bits per heavy atom. The van der Waals surface area contributed by atoms with Gasteiger partial charge in [0.15, 0.2) is 0 Å². The fraction of sp³-hybridized carbons (Fsp3) is 0.316. The van der Waals surface area contributed by atoms with Crippen molar-refractivity contribution in [2.75, 3.05) is 20.2 Å². The summed E-state index contributed by atoms with van der Waals surface area (Å²) in [6.45, 7) is 1.83. The van der Waals surface area contributed by atoms with Gasteiger partial charge in [-0.2, -0.15) is 0 Å². The normalized spacial score (nSPS) is 10.5. The highest BCUT2D eigenvalue weighted by Crippen LogP contribution is 2.21. The fourth-order valence-corrected chi connectivity index (χ4v) is 2.91. The van der Waals surface area contributed by atoms with E-state index < -0.39 is 0 Å². The second-order valence-electron chi connectivity index (χ2n) is 5.57. The van der Waals surface area contributed by atoms with E-state index in [1.54, 1.807) is 13.2 Å². The molecule has 6 heteroatoms. The Kier molecular flexibility index (Phi) is 8.06. The molecule has 2 aromatic rings. The van der Waals surface area contributed by atoms with Gasteiger partial charge in [-0.3, -0.25) is 4.79 Å². The number of ether oxygens (including phenoxy) is 1. The molecule has 0 unspecified atom stereocenters. The van der Waals surface area contributed by atoms with Crippen molar-refractivity contribution < 1.29 is 9.53 Å². The molecule has 2 N–H and O–H groups in total. The van der Waals surface area contributed by atoms with Crippen LogP contribution in [-0.2, 0) is 17.8 Å². The standard InChI is InChI=1S/C19H22Cl2N2O2/c1-25-18-5-3-2-4-15(18)13-23-19(24)9-11-22-10-8-14-6-7-16(20)12-17(14)21/h2-7,12,22H,8-11,13H2,1H3,(H,23,24). The van der Waals surface area contributed by atoms with Gasteiger partial charge in [0.25, 0.3) is 0 Å². The van der Waals surface area contributed by atoms with Crippen LogP contribution in [0.15, 0.2) is 42.5 Å². The Bertz CT molecular complexity index is 708. The molecule has 0 radical (unpaired) electrons. The third kappa shape index (κ3) is 6.58. The molecule has 2 rings (SSSR count). The van der Waals surface area contributed by atoms with Crippen molar-refractivity contribution in [1.82, 2.24) is 10.6 Å². The number of rotatable bonds is 9. The molecule has 0 aromatic heterocycles. The van der Waals surface area contributed by atoms with Gasteiger partial charge in [-0.05, 0) is 36.7 Å². The van der Waals surface area contributed by atoms with Crippen LogP contribution in [0, 0.1) is 0 Å². The number of carbonyl (C=O) groups excluding carboxylic acids is 1. The van der Waals surface area contributed by atoms with Gasteiger partial charge < -0.3 is 15.4 Å². The first kappa shape index (κ1) is 19.6. The molecule has 25 heavy (non-hydrogen) atoms. The van der Waals surface area contributed by atoms with E-state index in [1.807, 2.05) is 36.4 Å². The molecule has 0 atom stereocenters. The minimum Gasteiger partial charge on any atom is -0.496 e. The molecule has 0 bridgehead atoms. The van der Waals surface area contributed by atoms with Gasteiger partial charge in [0.1, 0.15) is 5.75 Å². The van der Waals surface area contributed by atoms with Crippen molar-refractivity contribution in [3.63, 3.8) is 0 Å². The summed E-state index contributed by atoms with van der Waals surface area (Å²) in [4.78, 5) is 11.9. The SMILES string of the molecule is COc1ccccc1CNC(=O)CCNCCc1ccc(Cl)cc1Cl. The van der Waals surface area contributed by atoms with E-state index in [9.17, 15) is 4.79 Å². The number of halogens is 2. The van der Waals surface area contributed by atoms with Crippen LogP contribution in [0.2, 0.25) is 10.0 Å². The van der Waals surface area contributed by atoms with Crippen LogP contribution in [-0.4, -0.2) is 26.1 Å². The number of methoxy groups -OCH3 is 1. The predicted octanol–water partition coefficient (Wildman–Crippen LogP) is 3.84. The summed E-state index contributed by atoms with van der Waals surface area (Å²) in [6.07, 6.45) is 1.21. The smallest absolute Gasteiger partial charge is 0.221 e. The number of hydrogen-bond acceptors (Lipinski definition) is 3. The first-order chi connectivity index (χ1) is 12.1. The summed E-state index contributed by atoms with van der Waals surface area (Å²) in [5.74, 6) is 0.781. The van der Waals surface area contributed by atoms with Crippen LogP contribution in [0.25, 0.3) is 0 Å². The summed E-state index contributed by atoms with van der Waals surface area (Å²) in [5.41, 5.74) is 2.00. The maximum atomic E-state index is 11.9. The maximum absolute atomic E-state index is 11.9. The van der Waals surface area contributed by atoms with E-state index in [0.29, 0.717) is 29.6 Å². The first-order valence-corrected chi connectivity index (χ1v) is 8.89. The highest BCUT2D eigenvalue weighted by Gasteiger charge is 2.05. The Balaban J connectivity index is 1.64. The van der Waals surface area contributed by atoms with E-state index in [0.717, 1.165) is 29.8 Å². The van der Waals surface area contributed by atoms with Crippen molar-refractivity contribution in [3.05, 3.63) is 63.6 Å². The fourth-order valence-electron chi connectivity index (χ4n) is 2.41. The highest BCUT2D eigenvalue weighted by molar-refractivity contribution is 6.35. The topological polar surface area (TPSA) is 50.4 Å². The summed E-state index contributed by atoms with van der Waals surface area (Å²) in [7, 11) is 1.62. The van der Waals surface area contributed by atoms with Crippen LogP contribution in [0.1, 0.15) is 17.5 Å². The van der Waals surface area contributed by atoms with E-state index in [4.69, 9.17) is 27.9 Å². The van der Waals surface area contributed by atoms with Gasteiger partial charge in [0.05, 0.1) is 7.11 Å². The van der Waals surface area contributed by atoms with Gasteiger partial charge in [-0.1, -0.05) is 47.5 Å². The quantitative estimate of drug-likeness (QED) is 0.649. The largest absolute Gasteiger partial charge is 0.496 e. The average Bonchev–Trinajstić information content (AvgIpc) is 2.61. The second kappa shape index (κ2) is 10.3. The van der Waals surface area contributed by atoms with Crippen molar-refractivity contribution >= 4 is 29.1 Å². The molecule has 4 nitrogen and oxygen atoms in total. The zero-order valence-corrected chi connectivity index (χ0v) is 15.7. The molecule has 1 amide bonds. The predicted molar refractivity (Wildman–Crippen MR) is 102 cm³/mol. The van der Waals surface area contributed by atoms with Crippen molar-refractivity contribution in [2.24, 2.45) is 0 Å². The monoisotopic (exact) mass is 380 g/mol. The number of carbonyl (C=O) groups is 1. The Labute approximate surface area is 158 Å². The average molecular weight is 381 g/mol. The lowest BCUT2D eigenvalue weighted by atomic mass is 10.1. The lowest BCUT2D eigenvalue weighted by Crippen LogP contribution is -2.28. The summed E-state index contributed by atoms with van der Waals surface area (Å²) in [5, 5.41) is 7.46. The molecule has 0 aliphatic carbocycles. The zero-order valence-electron chi connectivity index (χ0n) is 14.1. The molecular formula is C19H22Cl2N2O2. The first-order valence-electron chi connectivity index (χ1n) is 8.13. The number of benzene rings is 2. The van der Waals surface area contributed by atoms with Crippen LogP contribution < -0.4 is 15.4 Å². The molecule has 0 saturated carbocycles. The highest BCUT2D eigenvalue weighted by atomic mass is 35.5. The summed E-state index contributed by atoms with van der Waals surface area (Å²) < 4.78 is 5.27. The number of nitrogens with one attached hydrogen (secondary N) is 2. The van der Waals surface area contributed by atoms with Gasteiger partial charge in [0, 0.05) is 35.1 Å². The molecule has 134 valence electrons. The van der Waals surface area contributed by atoms with Crippen LogP contribution in [0.4, 0.5) is 0 Å². The lowest BCUT2D eigenvalue weighted by molar-refractivity contribution is -0.121. The molecule has 0 fully saturated rings. The zero-order chi connectivity index (χ0) is 18.1. The molecule has 2 aromatic carbocycles. The maximum Gasteiger partial charge on any atom is 0.221 e. The van der Waals surface area contributed by atoms with Crippen LogP contribution >= 0.6 is 23.2 Å². The molecular weight excluding hydrogens is 359 g/mol. The second-order valence-corrected chi connectivity index (χ2v) is 6.42. The van der Waals surface area contributed by atoms with Gasteiger partial charge in [0.2, 0.25) is 5.91 Å². The molecule has 0 aliphatic heterocycles. The summed E-state index contributed by atoms with van der Waals surface area (Å²) >= 11 is 12.0. The van der Waals surface area contributed by atoms with Crippen LogP contribution in [0.5, 0.6) is 5.75 Å². The van der Waals surface area contributed by atoms with Crippen molar-refractivity contribution in [1.29, 1.82) is 0 Å². The Hall–Kier alpha value is -1.75. The molecule has 0 heterocycles. The minimum absolute atomic E-state index is 0.00271. The third-order valence-electron chi connectivity index (χ3n) is 3.78. The van der Waals surface area contributed by atoms with E-state index in [1.165, 1.54) is 0 Å². The lowest BCUT2D eigenvalue weighted by Gasteiger charge is -2.10. The van der Waals surface area contributed by atoms with E-state index >= 15 is 0 Å². The summed E-state index contributed by atoms with van der Waals surface area (Å²) in [6, 6.07) is 13.1. The Morgan fingerprint density at radius 1 is 1.08 bits per heavy atom. The Morgan fingerprint density at radius 2 is 1.88 bits per heavy atom. The number of para-hydroxylation sites is 1.